The number of carbonyl (C=O) groups is 1. The summed E-state index contributed by atoms with van der Waals surface area (Å²) in [4.78, 5) is 17.9. The minimum atomic E-state index is -0.168. The molecular formula is C16H18N4O. The molecule has 5 heteroatoms. The first kappa shape index (κ1) is 14.8. The molecule has 1 N–H and O–H groups in total. The molecule has 0 spiro atoms. The van der Waals surface area contributed by atoms with Crippen LogP contribution >= 0.6 is 0 Å². The van der Waals surface area contributed by atoms with Crippen LogP contribution in [0.1, 0.15) is 12.5 Å². The lowest BCUT2D eigenvalue weighted by Crippen LogP contribution is -2.34. The summed E-state index contributed by atoms with van der Waals surface area (Å²) in [5.41, 5.74) is 2.17. The Morgan fingerprint density at radius 3 is 2.86 bits per heavy atom. The molecule has 2 rings (SSSR count). The molecule has 1 atom stereocenters. The number of para-hydroxylation sites is 1. The van der Waals surface area contributed by atoms with Crippen LogP contribution in [-0.4, -0.2) is 31.5 Å². The molecule has 1 aromatic heterocycles. The van der Waals surface area contributed by atoms with Crippen LogP contribution < -0.4 is 10.2 Å². The molecule has 5 nitrogen and oxygen atoms in total. The van der Waals surface area contributed by atoms with E-state index >= 15 is 0 Å². The molecular weight excluding hydrogens is 264 g/mol. The number of hydrogen-bond donors (Lipinski definition) is 1. The lowest BCUT2D eigenvalue weighted by atomic mass is 10.1. The van der Waals surface area contributed by atoms with Crippen LogP contribution in [0.3, 0.4) is 0 Å². The molecule has 1 aromatic carbocycles. The van der Waals surface area contributed by atoms with E-state index in [-0.39, 0.29) is 11.8 Å². The first-order valence-electron chi connectivity index (χ1n) is 6.79. The minimum absolute atomic E-state index is 0.0151. The van der Waals surface area contributed by atoms with Crippen molar-refractivity contribution in [1.29, 1.82) is 5.26 Å². The van der Waals surface area contributed by atoms with Gasteiger partial charge < -0.3 is 10.2 Å². The van der Waals surface area contributed by atoms with Crippen LogP contribution in [0.25, 0.3) is 10.9 Å². The van der Waals surface area contributed by atoms with Crippen molar-refractivity contribution in [2.45, 2.75) is 6.92 Å². The van der Waals surface area contributed by atoms with Crippen LogP contribution in [0, 0.1) is 17.2 Å². The highest BCUT2D eigenvalue weighted by Gasteiger charge is 2.18. The number of amides is 1. The zero-order chi connectivity index (χ0) is 15.4. The van der Waals surface area contributed by atoms with Crippen LogP contribution in [-0.2, 0) is 4.79 Å². The zero-order valence-corrected chi connectivity index (χ0v) is 12.4. The smallest absolute Gasteiger partial charge is 0.224 e. The number of anilines is 1. The van der Waals surface area contributed by atoms with E-state index in [2.05, 4.69) is 16.4 Å². The van der Waals surface area contributed by atoms with Gasteiger partial charge in [-0.1, -0.05) is 25.1 Å². The predicted molar refractivity (Wildman–Crippen MR) is 83.0 cm³/mol. The Labute approximate surface area is 124 Å². The van der Waals surface area contributed by atoms with Crippen LogP contribution in [0.4, 0.5) is 5.69 Å². The lowest BCUT2D eigenvalue weighted by Gasteiger charge is -2.24. The standard InChI is InChI=1S/C16H18N4O/c1-11(16(21)18-2)10-20(3)15-12(8-17)9-19-14-7-5-4-6-13(14)15/h4-7,9,11H,10H2,1-3H3,(H,18,21). The van der Waals surface area contributed by atoms with Crippen LogP contribution in [0.2, 0.25) is 0 Å². The molecule has 21 heavy (non-hydrogen) atoms. The maximum atomic E-state index is 11.7. The van der Waals surface area contributed by atoms with Gasteiger partial charge in [-0.25, -0.2) is 0 Å². The topological polar surface area (TPSA) is 69.0 Å². The van der Waals surface area contributed by atoms with Gasteiger partial charge in [0.25, 0.3) is 0 Å². The normalized spacial score (nSPS) is 11.7. The number of hydrogen-bond acceptors (Lipinski definition) is 4. The van der Waals surface area contributed by atoms with Gasteiger partial charge in [0.1, 0.15) is 6.07 Å². The molecule has 0 saturated heterocycles. The Hall–Kier alpha value is -2.61. The van der Waals surface area contributed by atoms with Crippen molar-refractivity contribution in [3.05, 3.63) is 36.0 Å². The van der Waals surface area contributed by atoms with Crippen LogP contribution in [0.5, 0.6) is 0 Å². The fraction of sp³-hybridized carbons (Fsp3) is 0.312. The third kappa shape index (κ3) is 2.95. The average molecular weight is 282 g/mol. The first-order valence-corrected chi connectivity index (χ1v) is 6.79. The maximum Gasteiger partial charge on any atom is 0.224 e. The SMILES string of the molecule is CNC(=O)C(C)CN(C)c1c(C#N)cnc2ccccc12. The molecule has 1 amide bonds. The highest BCUT2D eigenvalue weighted by Crippen LogP contribution is 2.28. The Morgan fingerprint density at radius 2 is 2.19 bits per heavy atom. The lowest BCUT2D eigenvalue weighted by molar-refractivity contribution is -0.123. The number of rotatable bonds is 4. The van der Waals surface area contributed by atoms with Gasteiger partial charge in [-0.05, 0) is 6.07 Å². The van der Waals surface area contributed by atoms with Gasteiger partial charge >= 0.3 is 0 Å². The van der Waals surface area contributed by atoms with E-state index in [0.717, 1.165) is 16.6 Å². The van der Waals surface area contributed by atoms with Gasteiger partial charge in [0, 0.05) is 32.2 Å². The molecule has 1 unspecified atom stereocenters. The van der Waals surface area contributed by atoms with E-state index in [1.54, 1.807) is 13.2 Å². The van der Waals surface area contributed by atoms with E-state index < -0.39 is 0 Å². The number of benzene rings is 1. The summed E-state index contributed by atoms with van der Waals surface area (Å²) in [6, 6.07) is 9.87. The number of nitrogens with zero attached hydrogens (tertiary/aromatic N) is 3. The van der Waals surface area contributed by atoms with Gasteiger partial charge in [-0.3, -0.25) is 9.78 Å². The fourth-order valence-corrected chi connectivity index (χ4v) is 2.45. The van der Waals surface area contributed by atoms with Crippen molar-refractivity contribution in [1.82, 2.24) is 10.3 Å². The van der Waals surface area contributed by atoms with Gasteiger partial charge in [-0.15, -0.1) is 0 Å². The van der Waals surface area contributed by atoms with Gasteiger partial charge in [0.2, 0.25) is 5.91 Å². The predicted octanol–water partition coefficient (Wildman–Crippen LogP) is 1.92. The molecule has 1 heterocycles. The second-order valence-electron chi connectivity index (χ2n) is 5.05. The van der Waals surface area contributed by atoms with E-state index in [1.807, 2.05) is 43.1 Å². The summed E-state index contributed by atoms with van der Waals surface area (Å²) in [5, 5.41) is 12.9. The van der Waals surface area contributed by atoms with Crippen molar-refractivity contribution in [2.24, 2.45) is 5.92 Å². The summed E-state index contributed by atoms with van der Waals surface area (Å²) in [7, 11) is 3.52. The Bertz CT molecular complexity index is 705. The molecule has 0 aliphatic rings. The van der Waals surface area contributed by atoms with Gasteiger partial charge in [0.05, 0.1) is 22.7 Å². The fourth-order valence-electron chi connectivity index (χ4n) is 2.45. The second kappa shape index (κ2) is 6.23. The number of pyridine rings is 1. The number of fused-ring (bicyclic) bond motifs is 1. The molecule has 2 aromatic rings. The molecule has 0 bridgehead atoms. The molecule has 0 aliphatic carbocycles. The van der Waals surface area contributed by atoms with Gasteiger partial charge in [-0.2, -0.15) is 5.26 Å². The van der Waals surface area contributed by atoms with E-state index in [0.29, 0.717) is 12.1 Å². The summed E-state index contributed by atoms with van der Waals surface area (Å²) in [5.74, 6) is -0.183. The van der Waals surface area contributed by atoms with Crippen molar-refractivity contribution in [3.63, 3.8) is 0 Å². The van der Waals surface area contributed by atoms with Crippen molar-refractivity contribution < 1.29 is 4.79 Å². The summed E-state index contributed by atoms with van der Waals surface area (Å²) in [6.45, 7) is 2.40. The van der Waals surface area contributed by atoms with Crippen molar-refractivity contribution >= 4 is 22.5 Å². The first-order chi connectivity index (χ1) is 10.1. The Kier molecular flexibility index (Phi) is 4.39. The van der Waals surface area contributed by atoms with Gasteiger partial charge in [0.15, 0.2) is 0 Å². The molecule has 0 aliphatic heterocycles. The monoisotopic (exact) mass is 282 g/mol. The zero-order valence-electron chi connectivity index (χ0n) is 12.4. The van der Waals surface area contributed by atoms with Crippen molar-refractivity contribution in [2.75, 3.05) is 25.5 Å². The number of carbonyl (C=O) groups excluding carboxylic acids is 1. The highest BCUT2D eigenvalue weighted by molar-refractivity contribution is 5.94. The molecule has 108 valence electrons. The Morgan fingerprint density at radius 1 is 1.48 bits per heavy atom. The maximum absolute atomic E-state index is 11.7. The third-order valence-electron chi connectivity index (χ3n) is 3.49. The van der Waals surface area contributed by atoms with E-state index in [9.17, 15) is 10.1 Å². The summed E-state index contributed by atoms with van der Waals surface area (Å²) >= 11 is 0. The molecule has 0 radical (unpaired) electrons. The molecule has 0 saturated carbocycles. The average Bonchev–Trinajstić information content (AvgIpc) is 2.52. The highest BCUT2D eigenvalue weighted by atomic mass is 16.1. The summed E-state index contributed by atoms with van der Waals surface area (Å²) < 4.78 is 0. The van der Waals surface area contributed by atoms with E-state index in [4.69, 9.17) is 0 Å². The number of aromatic nitrogens is 1. The minimum Gasteiger partial charge on any atom is -0.372 e. The van der Waals surface area contributed by atoms with E-state index in [1.165, 1.54) is 0 Å². The Balaban J connectivity index is 2.44. The third-order valence-corrected chi connectivity index (χ3v) is 3.49. The summed E-state index contributed by atoms with van der Waals surface area (Å²) in [6.07, 6.45) is 1.58. The quantitative estimate of drug-likeness (QED) is 0.930. The number of nitrogens with one attached hydrogen (secondary N) is 1. The molecule has 0 fully saturated rings. The van der Waals surface area contributed by atoms with Crippen LogP contribution in [0.15, 0.2) is 30.5 Å². The largest absolute Gasteiger partial charge is 0.372 e. The van der Waals surface area contributed by atoms with Crippen molar-refractivity contribution in [3.8, 4) is 6.07 Å². The second-order valence-corrected chi connectivity index (χ2v) is 5.05. The number of nitriles is 1.